The fraction of sp³-hybridized carbons (Fsp3) is 0.579. The van der Waals surface area contributed by atoms with E-state index in [1.807, 2.05) is 26.8 Å². The summed E-state index contributed by atoms with van der Waals surface area (Å²) in [5.74, 6) is 0.801. The summed E-state index contributed by atoms with van der Waals surface area (Å²) in [6, 6.07) is 3.74. The van der Waals surface area contributed by atoms with Crippen molar-refractivity contribution in [1.82, 2.24) is 5.32 Å². The van der Waals surface area contributed by atoms with Gasteiger partial charge in [0.2, 0.25) is 0 Å². The first-order valence-corrected chi connectivity index (χ1v) is 9.11. The van der Waals surface area contributed by atoms with E-state index in [9.17, 15) is 9.59 Å². The number of benzene rings is 1. The van der Waals surface area contributed by atoms with Crippen molar-refractivity contribution in [3.05, 3.63) is 28.3 Å². The normalized spacial score (nSPS) is 26.2. The molecule has 2 fully saturated rings. The van der Waals surface area contributed by atoms with Gasteiger partial charge >= 0.3 is 11.8 Å². The van der Waals surface area contributed by atoms with Gasteiger partial charge in [0.15, 0.2) is 0 Å². The number of anilines is 1. The monoisotopic (exact) mass is 348 g/mol. The van der Waals surface area contributed by atoms with Crippen molar-refractivity contribution in [1.29, 1.82) is 0 Å². The van der Waals surface area contributed by atoms with Gasteiger partial charge < -0.3 is 10.6 Å². The number of fused-ring (bicyclic) bond motifs is 2. The second kappa shape index (κ2) is 6.75. The zero-order valence-corrected chi connectivity index (χ0v) is 15.2. The third kappa shape index (κ3) is 3.44. The van der Waals surface area contributed by atoms with E-state index in [4.69, 9.17) is 11.6 Å². The molecule has 2 N–H and O–H groups in total. The molecule has 0 aromatic heterocycles. The lowest BCUT2D eigenvalue weighted by Crippen LogP contribution is -2.45. The Hall–Kier alpha value is -1.55. The predicted molar refractivity (Wildman–Crippen MR) is 96.1 cm³/mol. The molecule has 0 spiro atoms. The van der Waals surface area contributed by atoms with Crippen LogP contribution in [0.4, 0.5) is 5.69 Å². The van der Waals surface area contributed by atoms with Gasteiger partial charge in [0.25, 0.3) is 0 Å². The summed E-state index contributed by atoms with van der Waals surface area (Å²) in [7, 11) is 0. The molecule has 2 saturated carbocycles. The number of hydrogen-bond acceptors (Lipinski definition) is 2. The van der Waals surface area contributed by atoms with Crippen LogP contribution in [0, 0.1) is 31.6 Å². The SMILES string of the molecule is Cc1cc(C)c(NC(=O)C(=O)NC(C)C2CC3CCC2C3)c(Cl)c1. The molecule has 0 saturated heterocycles. The first-order valence-electron chi connectivity index (χ1n) is 8.73. The molecule has 4 atom stereocenters. The van der Waals surface area contributed by atoms with Crippen LogP contribution in [0.1, 0.15) is 43.7 Å². The molecular formula is C19H25ClN2O2. The van der Waals surface area contributed by atoms with Gasteiger partial charge in [-0.1, -0.05) is 24.1 Å². The van der Waals surface area contributed by atoms with E-state index in [0.29, 0.717) is 22.5 Å². The summed E-state index contributed by atoms with van der Waals surface area (Å²) in [5.41, 5.74) is 2.38. The maximum Gasteiger partial charge on any atom is 0.313 e. The van der Waals surface area contributed by atoms with Gasteiger partial charge in [-0.3, -0.25) is 9.59 Å². The topological polar surface area (TPSA) is 58.2 Å². The van der Waals surface area contributed by atoms with Crippen molar-refractivity contribution in [2.45, 2.75) is 52.5 Å². The molecule has 1 aromatic carbocycles. The Morgan fingerprint density at radius 1 is 1.17 bits per heavy atom. The highest BCUT2D eigenvalue weighted by atomic mass is 35.5. The summed E-state index contributed by atoms with van der Waals surface area (Å²) in [4.78, 5) is 24.5. The van der Waals surface area contributed by atoms with E-state index in [2.05, 4.69) is 10.6 Å². The molecule has 4 unspecified atom stereocenters. The number of rotatable bonds is 3. The smallest absolute Gasteiger partial charge is 0.313 e. The highest BCUT2D eigenvalue weighted by Gasteiger charge is 2.42. The zero-order chi connectivity index (χ0) is 17.4. The Kier molecular flexibility index (Phi) is 4.86. The summed E-state index contributed by atoms with van der Waals surface area (Å²) >= 11 is 6.19. The van der Waals surface area contributed by atoms with Crippen LogP contribution in [-0.4, -0.2) is 17.9 Å². The molecule has 2 aliphatic rings. The molecule has 5 heteroatoms. The van der Waals surface area contributed by atoms with Crippen molar-refractivity contribution in [2.75, 3.05) is 5.32 Å². The van der Waals surface area contributed by atoms with Crippen molar-refractivity contribution >= 4 is 29.1 Å². The number of aryl methyl sites for hydroxylation is 2. The van der Waals surface area contributed by atoms with E-state index in [0.717, 1.165) is 17.0 Å². The van der Waals surface area contributed by atoms with E-state index in [1.165, 1.54) is 25.7 Å². The molecule has 0 heterocycles. The quantitative estimate of drug-likeness (QED) is 0.815. The minimum absolute atomic E-state index is 0.0353. The summed E-state index contributed by atoms with van der Waals surface area (Å²) in [6.45, 7) is 5.82. The number of carbonyl (C=O) groups is 2. The Morgan fingerprint density at radius 3 is 2.50 bits per heavy atom. The van der Waals surface area contributed by atoms with Gasteiger partial charge in [-0.2, -0.15) is 0 Å². The Morgan fingerprint density at radius 2 is 1.92 bits per heavy atom. The van der Waals surface area contributed by atoms with E-state index in [1.54, 1.807) is 6.07 Å². The van der Waals surface area contributed by atoms with Gasteiger partial charge in [-0.05, 0) is 75.0 Å². The zero-order valence-electron chi connectivity index (χ0n) is 14.5. The average molecular weight is 349 g/mol. The average Bonchev–Trinajstić information content (AvgIpc) is 3.13. The molecule has 2 bridgehead atoms. The first kappa shape index (κ1) is 17.3. The van der Waals surface area contributed by atoms with Crippen molar-refractivity contribution in [3.63, 3.8) is 0 Å². The molecule has 1 aromatic rings. The van der Waals surface area contributed by atoms with Crippen LogP contribution >= 0.6 is 11.6 Å². The highest BCUT2D eigenvalue weighted by molar-refractivity contribution is 6.41. The molecule has 24 heavy (non-hydrogen) atoms. The Labute approximate surface area is 148 Å². The van der Waals surface area contributed by atoms with Gasteiger partial charge in [0.05, 0.1) is 10.7 Å². The molecular weight excluding hydrogens is 324 g/mol. The maximum absolute atomic E-state index is 12.2. The van der Waals surface area contributed by atoms with E-state index >= 15 is 0 Å². The van der Waals surface area contributed by atoms with Crippen LogP contribution in [0.15, 0.2) is 12.1 Å². The summed E-state index contributed by atoms with van der Waals surface area (Å²) in [6.07, 6.45) is 5.05. The fourth-order valence-electron chi connectivity index (χ4n) is 4.53. The second-order valence-electron chi connectivity index (χ2n) is 7.49. The van der Waals surface area contributed by atoms with Crippen LogP contribution < -0.4 is 10.6 Å². The maximum atomic E-state index is 12.2. The first-order chi connectivity index (χ1) is 11.3. The largest absolute Gasteiger partial charge is 0.345 e. The molecule has 2 aliphatic carbocycles. The molecule has 0 radical (unpaired) electrons. The highest BCUT2D eigenvalue weighted by Crippen LogP contribution is 2.49. The lowest BCUT2D eigenvalue weighted by atomic mass is 9.84. The second-order valence-corrected chi connectivity index (χ2v) is 7.90. The number of nitrogens with one attached hydrogen (secondary N) is 2. The number of carbonyl (C=O) groups excluding carboxylic acids is 2. The lowest BCUT2D eigenvalue weighted by Gasteiger charge is -2.28. The fourth-order valence-corrected chi connectivity index (χ4v) is 4.90. The van der Waals surface area contributed by atoms with Gasteiger partial charge in [0, 0.05) is 6.04 Å². The standard InChI is InChI=1S/C19H25ClN2O2/c1-10-6-11(2)17(16(20)7-10)22-19(24)18(23)21-12(3)15-9-13-4-5-14(15)8-13/h6-7,12-15H,4-5,8-9H2,1-3H3,(H,21,23)(H,22,24). The van der Waals surface area contributed by atoms with Gasteiger partial charge in [-0.15, -0.1) is 0 Å². The number of halogens is 1. The molecule has 2 amide bonds. The lowest BCUT2D eigenvalue weighted by molar-refractivity contribution is -0.136. The molecule has 3 rings (SSSR count). The van der Waals surface area contributed by atoms with Gasteiger partial charge in [0.1, 0.15) is 0 Å². The number of amides is 2. The van der Waals surface area contributed by atoms with Crippen LogP contribution in [-0.2, 0) is 9.59 Å². The van der Waals surface area contributed by atoms with Gasteiger partial charge in [-0.25, -0.2) is 0 Å². The summed E-state index contributed by atoms with van der Waals surface area (Å²) in [5, 5.41) is 5.99. The molecule has 0 aliphatic heterocycles. The Bertz CT molecular complexity index is 650. The molecule has 130 valence electrons. The van der Waals surface area contributed by atoms with E-state index < -0.39 is 11.8 Å². The minimum atomic E-state index is -0.654. The minimum Gasteiger partial charge on any atom is -0.345 e. The van der Waals surface area contributed by atoms with Crippen LogP contribution in [0.3, 0.4) is 0 Å². The number of hydrogen-bond donors (Lipinski definition) is 2. The van der Waals surface area contributed by atoms with Crippen LogP contribution in [0.5, 0.6) is 0 Å². The summed E-state index contributed by atoms with van der Waals surface area (Å²) < 4.78 is 0. The van der Waals surface area contributed by atoms with Crippen molar-refractivity contribution < 1.29 is 9.59 Å². The third-order valence-electron chi connectivity index (χ3n) is 5.67. The van der Waals surface area contributed by atoms with Crippen LogP contribution in [0.25, 0.3) is 0 Å². The van der Waals surface area contributed by atoms with Crippen molar-refractivity contribution in [2.24, 2.45) is 17.8 Å². The van der Waals surface area contributed by atoms with Crippen molar-refractivity contribution in [3.8, 4) is 0 Å². The van der Waals surface area contributed by atoms with E-state index in [-0.39, 0.29) is 6.04 Å². The Balaban J connectivity index is 1.60. The molecule has 4 nitrogen and oxygen atoms in total. The third-order valence-corrected chi connectivity index (χ3v) is 5.97. The predicted octanol–water partition coefficient (Wildman–Crippen LogP) is 3.84. The van der Waals surface area contributed by atoms with Crippen LogP contribution in [0.2, 0.25) is 5.02 Å².